The number of ether oxygens (including phenoxy) is 2. The Kier molecular flexibility index (Phi) is 4.23. The summed E-state index contributed by atoms with van der Waals surface area (Å²) < 4.78 is 23.6. The summed E-state index contributed by atoms with van der Waals surface area (Å²) in [6.45, 7) is 2.74. The molecule has 2 aromatic carbocycles. The van der Waals surface area contributed by atoms with Crippen LogP contribution in [0.25, 0.3) is 0 Å². The summed E-state index contributed by atoms with van der Waals surface area (Å²) in [5.74, 6) is 1.11. The van der Waals surface area contributed by atoms with Gasteiger partial charge >= 0.3 is 0 Å². The normalized spacial score (nSPS) is 10.2. The van der Waals surface area contributed by atoms with Crippen LogP contribution in [0.15, 0.2) is 42.5 Å². The molecule has 0 radical (unpaired) electrons. The molecule has 0 aliphatic rings. The van der Waals surface area contributed by atoms with E-state index in [0.717, 1.165) is 17.0 Å². The predicted molar refractivity (Wildman–Crippen MR) is 73.0 cm³/mol. The fourth-order valence-electron chi connectivity index (χ4n) is 1.59. The van der Waals surface area contributed by atoms with Gasteiger partial charge in [0.15, 0.2) is 0 Å². The van der Waals surface area contributed by atoms with E-state index in [2.05, 4.69) is 0 Å². The SMILES string of the molecule is Cc1cc(OCCOc2ccc(F)cc2)ccc1N. The van der Waals surface area contributed by atoms with Gasteiger partial charge in [-0.25, -0.2) is 4.39 Å². The van der Waals surface area contributed by atoms with Gasteiger partial charge in [0.05, 0.1) is 0 Å². The van der Waals surface area contributed by atoms with E-state index in [-0.39, 0.29) is 5.82 Å². The largest absolute Gasteiger partial charge is 0.490 e. The minimum Gasteiger partial charge on any atom is -0.490 e. The summed E-state index contributed by atoms with van der Waals surface area (Å²) in [6.07, 6.45) is 0. The van der Waals surface area contributed by atoms with Gasteiger partial charge in [-0.2, -0.15) is 0 Å². The highest BCUT2D eigenvalue weighted by Crippen LogP contribution is 2.18. The van der Waals surface area contributed by atoms with Gasteiger partial charge in [-0.1, -0.05) is 0 Å². The van der Waals surface area contributed by atoms with Crippen molar-refractivity contribution in [3.8, 4) is 11.5 Å². The van der Waals surface area contributed by atoms with Gasteiger partial charge in [-0.05, 0) is 55.0 Å². The number of nitrogen functional groups attached to an aromatic ring is 1. The van der Waals surface area contributed by atoms with E-state index < -0.39 is 0 Å². The molecule has 2 rings (SSSR count). The zero-order valence-electron chi connectivity index (χ0n) is 10.7. The molecule has 0 saturated carbocycles. The Morgan fingerprint density at radius 2 is 1.53 bits per heavy atom. The van der Waals surface area contributed by atoms with E-state index in [1.54, 1.807) is 12.1 Å². The van der Waals surface area contributed by atoms with Gasteiger partial charge in [-0.15, -0.1) is 0 Å². The summed E-state index contributed by atoms with van der Waals surface area (Å²) in [6, 6.07) is 11.4. The highest BCUT2D eigenvalue weighted by Gasteiger charge is 1.99. The molecule has 0 unspecified atom stereocenters. The Bertz CT molecular complexity index is 540. The molecular formula is C15H16FNO2. The monoisotopic (exact) mass is 261 g/mol. The molecule has 0 saturated heterocycles. The Morgan fingerprint density at radius 1 is 0.947 bits per heavy atom. The first-order valence-electron chi connectivity index (χ1n) is 6.02. The van der Waals surface area contributed by atoms with Crippen LogP contribution in [0.3, 0.4) is 0 Å². The van der Waals surface area contributed by atoms with E-state index in [9.17, 15) is 4.39 Å². The lowest BCUT2D eigenvalue weighted by Crippen LogP contribution is -2.09. The van der Waals surface area contributed by atoms with Crippen LogP contribution in [0.1, 0.15) is 5.56 Å². The van der Waals surface area contributed by atoms with Gasteiger partial charge in [0.2, 0.25) is 0 Å². The highest BCUT2D eigenvalue weighted by molar-refractivity contribution is 5.49. The van der Waals surface area contributed by atoms with Crippen molar-refractivity contribution in [3.63, 3.8) is 0 Å². The number of aryl methyl sites for hydroxylation is 1. The fourth-order valence-corrected chi connectivity index (χ4v) is 1.59. The Balaban J connectivity index is 1.77. The quantitative estimate of drug-likeness (QED) is 0.664. The maximum atomic E-state index is 12.7. The molecule has 0 aromatic heterocycles. The molecule has 3 nitrogen and oxygen atoms in total. The lowest BCUT2D eigenvalue weighted by atomic mass is 10.2. The smallest absolute Gasteiger partial charge is 0.123 e. The number of benzene rings is 2. The molecule has 2 N–H and O–H groups in total. The molecular weight excluding hydrogens is 245 g/mol. The van der Waals surface area contributed by atoms with Crippen LogP contribution < -0.4 is 15.2 Å². The maximum Gasteiger partial charge on any atom is 0.123 e. The summed E-state index contributed by atoms with van der Waals surface area (Å²) in [7, 11) is 0. The topological polar surface area (TPSA) is 44.5 Å². The van der Waals surface area contributed by atoms with E-state index in [1.807, 2.05) is 25.1 Å². The van der Waals surface area contributed by atoms with Crippen LogP contribution in [-0.2, 0) is 0 Å². The predicted octanol–water partition coefficient (Wildman–Crippen LogP) is 3.17. The maximum absolute atomic E-state index is 12.7. The molecule has 0 aliphatic carbocycles. The molecule has 0 aliphatic heterocycles. The molecule has 0 spiro atoms. The van der Waals surface area contributed by atoms with Crippen LogP contribution in [-0.4, -0.2) is 13.2 Å². The standard InChI is InChI=1S/C15H16FNO2/c1-11-10-14(6-7-15(11)17)19-9-8-18-13-4-2-12(16)3-5-13/h2-7,10H,8-9,17H2,1H3. The molecule has 0 amide bonds. The van der Waals surface area contributed by atoms with E-state index >= 15 is 0 Å². The van der Waals surface area contributed by atoms with Crippen molar-refractivity contribution >= 4 is 5.69 Å². The number of rotatable bonds is 5. The van der Waals surface area contributed by atoms with Crippen molar-refractivity contribution in [1.82, 2.24) is 0 Å². The molecule has 0 fully saturated rings. The molecule has 2 aromatic rings. The number of hydrogen-bond donors (Lipinski definition) is 1. The molecule has 100 valence electrons. The number of anilines is 1. The summed E-state index contributed by atoms with van der Waals surface area (Å²) in [5.41, 5.74) is 7.45. The van der Waals surface area contributed by atoms with Crippen LogP contribution in [0.5, 0.6) is 11.5 Å². The number of nitrogens with two attached hydrogens (primary N) is 1. The van der Waals surface area contributed by atoms with Crippen LogP contribution in [0.2, 0.25) is 0 Å². The summed E-state index contributed by atoms with van der Waals surface area (Å²) in [5, 5.41) is 0. The third kappa shape index (κ3) is 3.88. The van der Waals surface area contributed by atoms with Gasteiger partial charge in [0, 0.05) is 5.69 Å². The first-order valence-corrected chi connectivity index (χ1v) is 6.02. The van der Waals surface area contributed by atoms with Gasteiger partial charge < -0.3 is 15.2 Å². The van der Waals surface area contributed by atoms with Gasteiger partial charge in [0.25, 0.3) is 0 Å². The molecule has 0 bridgehead atoms. The zero-order chi connectivity index (χ0) is 13.7. The molecule has 4 heteroatoms. The fraction of sp³-hybridized carbons (Fsp3) is 0.200. The third-order valence-electron chi connectivity index (χ3n) is 2.68. The van der Waals surface area contributed by atoms with Crippen LogP contribution in [0, 0.1) is 12.7 Å². The molecule has 0 heterocycles. The van der Waals surface area contributed by atoms with Crippen molar-refractivity contribution in [3.05, 3.63) is 53.8 Å². The Morgan fingerprint density at radius 3 is 2.16 bits per heavy atom. The van der Waals surface area contributed by atoms with Crippen molar-refractivity contribution < 1.29 is 13.9 Å². The second kappa shape index (κ2) is 6.09. The lowest BCUT2D eigenvalue weighted by Gasteiger charge is -2.09. The average Bonchev–Trinajstić information content (AvgIpc) is 2.41. The Labute approximate surface area is 111 Å². The van der Waals surface area contributed by atoms with Crippen LogP contribution >= 0.6 is 0 Å². The first-order chi connectivity index (χ1) is 9.15. The Hall–Kier alpha value is -2.23. The lowest BCUT2D eigenvalue weighted by molar-refractivity contribution is 0.217. The third-order valence-corrected chi connectivity index (χ3v) is 2.68. The minimum atomic E-state index is -0.277. The van der Waals surface area contributed by atoms with E-state index in [0.29, 0.717) is 19.0 Å². The second-order valence-electron chi connectivity index (χ2n) is 4.17. The van der Waals surface area contributed by atoms with Gasteiger partial charge in [-0.3, -0.25) is 0 Å². The second-order valence-corrected chi connectivity index (χ2v) is 4.17. The van der Waals surface area contributed by atoms with Gasteiger partial charge in [0.1, 0.15) is 30.5 Å². The molecule has 19 heavy (non-hydrogen) atoms. The number of hydrogen-bond acceptors (Lipinski definition) is 3. The van der Waals surface area contributed by atoms with Crippen molar-refractivity contribution in [2.45, 2.75) is 6.92 Å². The first kappa shape index (κ1) is 13.2. The van der Waals surface area contributed by atoms with Crippen molar-refractivity contribution in [1.29, 1.82) is 0 Å². The van der Waals surface area contributed by atoms with Crippen molar-refractivity contribution in [2.75, 3.05) is 18.9 Å². The minimum absolute atomic E-state index is 0.277. The molecule has 0 atom stereocenters. The zero-order valence-corrected chi connectivity index (χ0v) is 10.7. The van der Waals surface area contributed by atoms with E-state index in [1.165, 1.54) is 12.1 Å². The van der Waals surface area contributed by atoms with Crippen LogP contribution in [0.4, 0.5) is 10.1 Å². The highest BCUT2D eigenvalue weighted by atomic mass is 19.1. The summed E-state index contributed by atoms with van der Waals surface area (Å²) in [4.78, 5) is 0. The average molecular weight is 261 g/mol. The van der Waals surface area contributed by atoms with Crippen molar-refractivity contribution in [2.24, 2.45) is 0 Å². The van der Waals surface area contributed by atoms with E-state index in [4.69, 9.17) is 15.2 Å². The summed E-state index contributed by atoms with van der Waals surface area (Å²) >= 11 is 0. The number of halogens is 1.